The van der Waals surface area contributed by atoms with Crippen LogP contribution in [-0.2, 0) is 19.6 Å². The molecule has 2 aromatic carbocycles. The zero-order valence-corrected chi connectivity index (χ0v) is 18.3. The van der Waals surface area contributed by atoms with Gasteiger partial charge in [0, 0.05) is 0 Å². The second-order valence-electron chi connectivity index (χ2n) is 7.21. The SMILES string of the molecule is Cc1ccc(S(=O)(=O)N[C@@H](C(=O)N/N=C\c2ccc(OCC(N)=O)cc2)C(C)C)cc1. The molecule has 9 nitrogen and oxygen atoms in total. The molecule has 166 valence electrons. The van der Waals surface area contributed by atoms with Gasteiger partial charge >= 0.3 is 0 Å². The number of nitrogens with zero attached hydrogens (tertiary/aromatic N) is 1. The Labute approximate surface area is 181 Å². The Morgan fingerprint density at radius 1 is 1.10 bits per heavy atom. The van der Waals surface area contributed by atoms with E-state index in [1.165, 1.54) is 18.3 Å². The number of hydrogen-bond acceptors (Lipinski definition) is 6. The highest BCUT2D eigenvalue weighted by atomic mass is 32.2. The number of hydrazone groups is 1. The minimum atomic E-state index is -3.87. The lowest BCUT2D eigenvalue weighted by molar-refractivity contribution is -0.123. The molecule has 0 saturated heterocycles. The van der Waals surface area contributed by atoms with Crippen molar-refractivity contribution < 1.29 is 22.7 Å². The number of rotatable bonds is 10. The van der Waals surface area contributed by atoms with Crippen LogP contribution >= 0.6 is 0 Å². The molecule has 0 aromatic heterocycles. The van der Waals surface area contributed by atoms with Crippen molar-refractivity contribution in [3.05, 3.63) is 59.7 Å². The Morgan fingerprint density at radius 3 is 2.26 bits per heavy atom. The number of primary amides is 1. The molecule has 0 heterocycles. The fraction of sp³-hybridized carbons (Fsp3) is 0.286. The van der Waals surface area contributed by atoms with Gasteiger partial charge in [-0.25, -0.2) is 13.8 Å². The number of sulfonamides is 1. The van der Waals surface area contributed by atoms with Crippen LogP contribution in [0.3, 0.4) is 0 Å². The topological polar surface area (TPSA) is 140 Å². The molecule has 2 amide bonds. The van der Waals surface area contributed by atoms with Crippen LogP contribution in [0.25, 0.3) is 0 Å². The summed E-state index contributed by atoms with van der Waals surface area (Å²) in [7, 11) is -3.87. The van der Waals surface area contributed by atoms with E-state index in [1.54, 1.807) is 50.2 Å². The van der Waals surface area contributed by atoms with Gasteiger partial charge in [0.25, 0.3) is 11.8 Å². The predicted octanol–water partition coefficient (Wildman–Crippen LogP) is 1.31. The third-order valence-corrected chi connectivity index (χ3v) is 5.67. The van der Waals surface area contributed by atoms with Crippen LogP contribution in [0.4, 0.5) is 0 Å². The minimum Gasteiger partial charge on any atom is -0.484 e. The van der Waals surface area contributed by atoms with Gasteiger partial charge in [-0.2, -0.15) is 9.82 Å². The highest BCUT2D eigenvalue weighted by Crippen LogP contribution is 2.13. The Bertz CT molecular complexity index is 1030. The van der Waals surface area contributed by atoms with E-state index in [0.717, 1.165) is 5.56 Å². The van der Waals surface area contributed by atoms with E-state index in [-0.39, 0.29) is 17.4 Å². The molecule has 0 bridgehead atoms. The van der Waals surface area contributed by atoms with Gasteiger partial charge in [-0.05, 0) is 54.8 Å². The van der Waals surface area contributed by atoms with Gasteiger partial charge in [0.2, 0.25) is 10.0 Å². The Morgan fingerprint density at radius 2 is 1.71 bits per heavy atom. The molecule has 0 aliphatic rings. The maximum Gasteiger partial charge on any atom is 0.258 e. The summed E-state index contributed by atoms with van der Waals surface area (Å²) in [6.07, 6.45) is 1.40. The second kappa shape index (κ2) is 10.7. The van der Waals surface area contributed by atoms with Gasteiger partial charge in [0.15, 0.2) is 6.61 Å². The largest absolute Gasteiger partial charge is 0.484 e. The van der Waals surface area contributed by atoms with Crippen molar-refractivity contribution in [3.63, 3.8) is 0 Å². The number of carbonyl (C=O) groups is 2. The predicted molar refractivity (Wildman–Crippen MR) is 117 cm³/mol. The van der Waals surface area contributed by atoms with Gasteiger partial charge in [-0.1, -0.05) is 31.5 Å². The number of nitrogens with two attached hydrogens (primary N) is 1. The summed E-state index contributed by atoms with van der Waals surface area (Å²) < 4.78 is 32.8. The normalized spacial score (nSPS) is 12.6. The van der Waals surface area contributed by atoms with Gasteiger partial charge in [0.05, 0.1) is 11.1 Å². The van der Waals surface area contributed by atoms with Crippen molar-refractivity contribution in [1.82, 2.24) is 10.1 Å². The van der Waals surface area contributed by atoms with Crippen LogP contribution in [0.1, 0.15) is 25.0 Å². The smallest absolute Gasteiger partial charge is 0.258 e. The highest BCUT2D eigenvalue weighted by Gasteiger charge is 2.28. The van der Waals surface area contributed by atoms with E-state index >= 15 is 0 Å². The Hall–Kier alpha value is -3.24. The van der Waals surface area contributed by atoms with Gasteiger partial charge in [-0.15, -0.1) is 0 Å². The fourth-order valence-electron chi connectivity index (χ4n) is 2.49. The molecule has 0 unspecified atom stereocenters. The summed E-state index contributed by atoms with van der Waals surface area (Å²) in [5.74, 6) is -1.00. The molecule has 2 rings (SSSR count). The summed E-state index contributed by atoms with van der Waals surface area (Å²) in [6, 6.07) is 11.9. The first kappa shape index (κ1) is 24.0. The molecule has 0 aliphatic heterocycles. The number of aryl methyl sites for hydroxylation is 1. The van der Waals surface area contributed by atoms with Crippen molar-refractivity contribution in [2.24, 2.45) is 16.8 Å². The lowest BCUT2D eigenvalue weighted by atomic mass is 10.1. The van der Waals surface area contributed by atoms with Crippen molar-refractivity contribution in [2.45, 2.75) is 31.7 Å². The van der Waals surface area contributed by atoms with Crippen LogP contribution in [0, 0.1) is 12.8 Å². The van der Waals surface area contributed by atoms with E-state index in [4.69, 9.17) is 10.5 Å². The monoisotopic (exact) mass is 446 g/mol. The number of amides is 2. The maximum atomic E-state index is 12.6. The molecule has 0 radical (unpaired) electrons. The van der Waals surface area contributed by atoms with Crippen LogP contribution in [-0.4, -0.2) is 39.1 Å². The number of benzene rings is 2. The maximum absolute atomic E-state index is 12.6. The van der Waals surface area contributed by atoms with Crippen LogP contribution in [0.5, 0.6) is 5.75 Å². The summed E-state index contributed by atoms with van der Waals surface area (Å²) in [5, 5.41) is 3.89. The second-order valence-corrected chi connectivity index (χ2v) is 8.93. The molecule has 31 heavy (non-hydrogen) atoms. The number of carbonyl (C=O) groups excluding carboxylic acids is 2. The van der Waals surface area contributed by atoms with Crippen LogP contribution in [0.15, 0.2) is 58.5 Å². The van der Waals surface area contributed by atoms with Crippen LogP contribution in [0.2, 0.25) is 0 Å². The van der Waals surface area contributed by atoms with E-state index < -0.39 is 27.9 Å². The first-order valence-corrected chi connectivity index (χ1v) is 11.0. The van der Waals surface area contributed by atoms with Gasteiger partial charge in [-0.3, -0.25) is 9.59 Å². The molecule has 4 N–H and O–H groups in total. The quantitative estimate of drug-likeness (QED) is 0.373. The Balaban J connectivity index is 2.00. The third-order valence-electron chi connectivity index (χ3n) is 4.21. The highest BCUT2D eigenvalue weighted by molar-refractivity contribution is 7.89. The number of hydrogen-bond donors (Lipinski definition) is 3. The molecule has 0 fully saturated rings. The van der Waals surface area contributed by atoms with E-state index in [2.05, 4.69) is 15.2 Å². The van der Waals surface area contributed by atoms with Crippen molar-refractivity contribution in [1.29, 1.82) is 0 Å². The summed E-state index contributed by atoms with van der Waals surface area (Å²) in [5.41, 5.74) is 8.97. The van der Waals surface area contributed by atoms with Gasteiger partial charge in [0.1, 0.15) is 11.8 Å². The molecular weight excluding hydrogens is 420 g/mol. The van der Waals surface area contributed by atoms with Crippen molar-refractivity contribution in [3.8, 4) is 5.75 Å². The number of nitrogens with one attached hydrogen (secondary N) is 2. The third kappa shape index (κ3) is 7.50. The summed E-state index contributed by atoms with van der Waals surface area (Å²) in [6.45, 7) is 5.10. The lowest BCUT2D eigenvalue weighted by Gasteiger charge is -2.20. The first-order valence-electron chi connectivity index (χ1n) is 9.51. The summed E-state index contributed by atoms with van der Waals surface area (Å²) in [4.78, 5) is 23.3. The minimum absolute atomic E-state index is 0.0821. The number of ether oxygens (including phenoxy) is 1. The molecule has 0 spiro atoms. The molecular formula is C21H26N4O5S. The molecule has 0 saturated carbocycles. The van der Waals surface area contributed by atoms with Gasteiger partial charge < -0.3 is 10.5 Å². The zero-order valence-electron chi connectivity index (χ0n) is 17.5. The average Bonchev–Trinajstić information content (AvgIpc) is 2.71. The average molecular weight is 447 g/mol. The molecule has 2 aromatic rings. The van der Waals surface area contributed by atoms with E-state index in [1.807, 2.05) is 6.92 Å². The Kier molecular flexibility index (Phi) is 8.29. The van der Waals surface area contributed by atoms with Crippen LogP contribution < -0.4 is 20.6 Å². The molecule has 1 atom stereocenters. The fourth-order valence-corrected chi connectivity index (χ4v) is 3.83. The zero-order chi connectivity index (χ0) is 23.0. The lowest BCUT2D eigenvalue weighted by Crippen LogP contribution is -2.48. The first-order chi connectivity index (χ1) is 14.6. The summed E-state index contributed by atoms with van der Waals surface area (Å²) >= 11 is 0. The van der Waals surface area contributed by atoms with Crippen molar-refractivity contribution >= 4 is 28.1 Å². The van der Waals surface area contributed by atoms with Crippen molar-refractivity contribution in [2.75, 3.05) is 6.61 Å². The molecule has 10 heteroatoms. The van der Waals surface area contributed by atoms with E-state index in [9.17, 15) is 18.0 Å². The standard InChI is InChI=1S/C21H26N4O5S/c1-14(2)20(25-31(28,29)18-10-4-15(3)5-11-18)21(27)24-23-12-16-6-8-17(9-7-16)30-13-19(22)26/h4-12,14,20,25H,13H2,1-3H3,(H2,22,26)(H,24,27)/b23-12-/t20-/m1/s1. The molecule has 0 aliphatic carbocycles. The van der Waals surface area contributed by atoms with E-state index in [0.29, 0.717) is 11.3 Å².